The molecule has 2 N–H and O–H groups in total. The van der Waals surface area contributed by atoms with Gasteiger partial charge >= 0.3 is 0 Å². The van der Waals surface area contributed by atoms with Gasteiger partial charge in [0.05, 0.1) is 17.7 Å². The molecule has 3 rings (SSSR count). The first-order chi connectivity index (χ1) is 11.6. The fourth-order valence-electron chi connectivity index (χ4n) is 2.96. The van der Waals surface area contributed by atoms with Crippen molar-refractivity contribution < 1.29 is 9.53 Å². The third kappa shape index (κ3) is 3.23. The number of nitrogens with zero attached hydrogens (tertiary/aromatic N) is 2. The standard InChI is InChI=1S/C18H22N4O2/c1-18(16(23)19-10-11-24-2)9-8-13-12-20-17(22-15(13)18)21-14-6-4-3-5-7-14/h3-7,12H,8-11H2,1-2H3,(H,19,23)(H,20,21,22). The number of hydrogen-bond donors (Lipinski definition) is 2. The monoisotopic (exact) mass is 326 g/mol. The molecule has 1 aromatic carbocycles. The molecule has 1 aromatic heterocycles. The van der Waals surface area contributed by atoms with E-state index in [9.17, 15) is 4.79 Å². The van der Waals surface area contributed by atoms with Gasteiger partial charge in [-0.25, -0.2) is 9.97 Å². The van der Waals surface area contributed by atoms with Gasteiger partial charge in [0.15, 0.2) is 0 Å². The molecule has 0 bridgehead atoms. The molecule has 0 fully saturated rings. The van der Waals surface area contributed by atoms with Crippen LogP contribution in [-0.2, 0) is 21.4 Å². The predicted molar refractivity (Wildman–Crippen MR) is 92.3 cm³/mol. The Balaban J connectivity index is 1.81. The first-order valence-electron chi connectivity index (χ1n) is 8.09. The lowest BCUT2D eigenvalue weighted by atomic mass is 9.86. The van der Waals surface area contributed by atoms with Crippen molar-refractivity contribution in [2.45, 2.75) is 25.2 Å². The van der Waals surface area contributed by atoms with Gasteiger partial charge in [0.25, 0.3) is 0 Å². The summed E-state index contributed by atoms with van der Waals surface area (Å²) >= 11 is 0. The van der Waals surface area contributed by atoms with Crippen LogP contribution in [0.2, 0.25) is 0 Å². The van der Waals surface area contributed by atoms with E-state index in [0.29, 0.717) is 19.1 Å². The van der Waals surface area contributed by atoms with Crippen molar-refractivity contribution in [2.24, 2.45) is 0 Å². The van der Waals surface area contributed by atoms with E-state index in [2.05, 4.69) is 20.6 Å². The normalized spacial score (nSPS) is 18.9. The molecule has 1 aliphatic carbocycles. The SMILES string of the molecule is COCCNC(=O)C1(C)CCc2cnc(Nc3ccccc3)nc21. The zero-order chi connectivity index (χ0) is 17.0. The summed E-state index contributed by atoms with van der Waals surface area (Å²) in [6.45, 7) is 2.94. The minimum Gasteiger partial charge on any atom is -0.383 e. The Kier molecular flexibility index (Phi) is 4.76. The van der Waals surface area contributed by atoms with Gasteiger partial charge in [0.1, 0.15) is 0 Å². The summed E-state index contributed by atoms with van der Waals surface area (Å²) in [5.41, 5.74) is 2.14. The predicted octanol–water partition coefficient (Wildman–Crippen LogP) is 2.19. The van der Waals surface area contributed by atoms with Crippen LogP contribution in [0.25, 0.3) is 0 Å². The summed E-state index contributed by atoms with van der Waals surface area (Å²) in [5.74, 6) is 0.500. The third-order valence-electron chi connectivity index (χ3n) is 4.40. The Bertz CT molecular complexity index is 720. The van der Waals surface area contributed by atoms with E-state index in [1.807, 2.05) is 43.5 Å². The van der Waals surface area contributed by atoms with Crippen molar-refractivity contribution in [2.75, 3.05) is 25.6 Å². The molecule has 1 aliphatic rings. The fourth-order valence-corrected chi connectivity index (χ4v) is 2.96. The second-order valence-electron chi connectivity index (χ2n) is 6.14. The highest BCUT2D eigenvalue weighted by Gasteiger charge is 2.42. The molecule has 0 saturated carbocycles. The lowest BCUT2D eigenvalue weighted by molar-refractivity contribution is -0.126. The average Bonchev–Trinajstić information content (AvgIpc) is 2.94. The van der Waals surface area contributed by atoms with Crippen LogP contribution in [0, 0.1) is 0 Å². The number of anilines is 2. The van der Waals surface area contributed by atoms with Gasteiger partial charge in [-0.3, -0.25) is 4.79 Å². The van der Waals surface area contributed by atoms with Crippen LogP contribution in [0.3, 0.4) is 0 Å². The van der Waals surface area contributed by atoms with E-state index in [-0.39, 0.29) is 5.91 Å². The van der Waals surface area contributed by atoms with Crippen molar-refractivity contribution in [3.8, 4) is 0 Å². The number of para-hydroxylation sites is 1. The third-order valence-corrected chi connectivity index (χ3v) is 4.40. The summed E-state index contributed by atoms with van der Waals surface area (Å²) in [7, 11) is 1.62. The number of benzene rings is 1. The zero-order valence-electron chi connectivity index (χ0n) is 14.0. The summed E-state index contributed by atoms with van der Waals surface area (Å²) in [5, 5.41) is 6.12. The molecule has 1 heterocycles. The topological polar surface area (TPSA) is 76.1 Å². The van der Waals surface area contributed by atoms with E-state index in [0.717, 1.165) is 29.8 Å². The first-order valence-corrected chi connectivity index (χ1v) is 8.09. The van der Waals surface area contributed by atoms with E-state index in [1.54, 1.807) is 7.11 Å². The van der Waals surface area contributed by atoms with E-state index in [4.69, 9.17) is 4.74 Å². The maximum absolute atomic E-state index is 12.6. The molecule has 24 heavy (non-hydrogen) atoms. The first kappa shape index (κ1) is 16.4. The number of rotatable bonds is 6. The largest absolute Gasteiger partial charge is 0.383 e. The van der Waals surface area contributed by atoms with Crippen LogP contribution in [0.4, 0.5) is 11.6 Å². The van der Waals surface area contributed by atoms with Gasteiger partial charge in [-0.15, -0.1) is 0 Å². The number of ether oxygens (including phenoxy) is 1. The lowest BCUT2D eigenvalue weighted by Crippen LogP contribution is -2.42. The van der Waals surface area contributed by atoms with Crippen molar-refractivity contribution in [3.05, 3.63) is 47.8 Å². The summed E-state index contributed by atoms with van der Waals surface area (Å²) in [6.07, 6.45) is 3.38. The molecule has 1 unspecified atom stereocenters. The molecule has 0 aliphatic heterocycles. The van der Waals surface area contributed by atoms with Gasteiger partial charge in [0.2, 0.25) is 11.9 Å². The van der Waals surface area contributed by atoms with E-state index >= 15 is 0 Å². The molecule has 1 atom stereocenters. The number of hydrogen-bond acceptors (Lipinski definition) is 5. The maximum atomic E-state index is 12.6. The smallest absolute Gasteiger partial charge is 0.232 e. The van der Waals surface area contributed by atoms with Gasteiger partial charge in [0, 0.05) is 25.5 Å². The number of amides is 1. The number of aryl methyl sites for hydroxylation is 1. The van der Waals surface area contributed by atoms with E-state index in [1.165, 1.54) is 0 Å². The summed E-state index contributed by atoms with van der Waals surface area (Å²) in [6, 6.07) is 9.75. The Labute approximate surface area is 141 Å². The van der Waals surface area contributed by atoms with Crippen LogP contribution in [0.15, 0.2) is 36.5 Å². The van der Waals surface area contributed by atoms with Crippen LogP contribution in [0.1, 0.15) is 24.6 Å². The van der Waals surface area contributed by atoms with Crippen LogP contribution in [0.5, 0.6) is 0 Å². The van der Waals surface area contributed by atoms with Gasteiger partial charge < -0.3 is 15.4 Å². The second kappa shape index (κ2) is 6.97. The zero-order valence-corrected chi connectivity index (χ0v) is 14.0. The maximum Gasteiger partial charge on any atom is 0.232 e. The van der Waals surface area contributed by atoms with Crippen molar-refractivity contribution >= 4 is 17.5 Å². The van der Waals surface area contributed by atoms with Gasteiger partial charge in [-0.2, -0.15) is 0 Å². The Morgan fingerprint density at radius 1 is 1.33 bits per heavy atom. The highest BCUT2D eigenvalue weighted by molar-refractivity contribution is 5.88. The van der Waals surface area contributed by atoms with Crippen LogP contribution < -0.4 is 10.6 Å². The molecular formula is C18H22N4O2. The van der Waals surface area contributed by atoms with Gasteiger partial charge in [-0.1, -0.05) is 18.2 Å². The number of nitrogens with one attached hydrogen (secondary N) is 2. The molecule has 126 valence electrons. The minimum absolute atomic E-state index is 0.0114. The van der Waals surface area contributed by atoms with Crippen LogP contribution >= 0.6 is 0 Å². The quantitative estimate of drug-likeness (QED) is 0.796. The molecule has 1 amide bonds. The minimum atomic E-state index is -0.626. The molecule has 0 saturated heterocycles. The highest BCUT2D eigenvalue weighted by Crippen LogP contribution is 2.38. The molecule has 0 radical (unpaired) electrons. The summed E-state index contributed by atoms with van der Waals surface area (Å²) < 4.78 is 4.99. The number of aromatic nitrogens is 2. The molecule has 6 heteroatoms. The lowest BCUT2D eigenvalue weighted by Gasteiger charge is -2.23. The molecule has 0 spiro atoms. The number of methoxy groups -OCH3 is 1. The van der Waals surface area contributed by atoms with Crippen LogP contribution in [-0.4, -0.2) is 36.1 Å². The second-order valence-corrected chi connectivity index (χ2v) is 6.14. The van der Waals surface area contributed by atoms with Crippen molar-refractivity contribution in [1.29, 1.82) is 0 Å². The molecule has 6 nitrogen and oxygen atoms in total. The Morgan fingerprint density at radius 2 is 2.12 bits per heavy atom. The Hall–Kier alpha value is -2.47. The molecular weight excluding hydrogens is 304 g/mol. The fraction of sp³-hybridized carbons (Fsp3) is 0.389. The number of carbonyl (C=O) groups excluding carboxylic acids is 1. The highest BCUT2D eigenvalue weighted by atomic mass is 16.5. The number of fused-ring (bicyclic) bond motifs is 1. The Morgan fingerprint density at radius 3 is 2.88 bits per heavy atom. The van der Waals surface area contributed by atoms with Crippen molar-refractivity contribution in [3.63, 3.8) is 0 Å². The van der Waals surface area contributed by atoms with Crippen molar-refractivity contribution in [1.82, 2.24) is 15.3 Å². The number of carbonyl (C=O) groups is 1. The van der Waals surface area contributed by atoms with Gasteiger partial charge in [-0.05, 0) is 37.5 Å². The van der Waals surface area contributed by atoms with E-state index < -0.39 is 5.41 Å². The summed E-state index contributed by atoms with van der Waals surface area (Å²) in [4.78, 5) is 21.6. The average molecular weight is 326 g/mol. The molecule has 2 aromatic rings.